The summed E-state index contributed by atoms with van der Waals surface area (Å²) in [5.74, 6) is 0.356. The second kappa shape index (κ2) is 4.21. The minimum absolute atomic E-state index is 0.0830. The molecule has 5 heteroatoms. The minimum atomic E-state index is -0.784. The maximum Gasteiger partial charge on any atom is 0.408 e. The van der Waals surface area contributed by atoms with Gasteiger partial charge in [0.15, 0.2) is 5.78 Å². The largest absolute Gasteiger partial charge is 0.444 e. The summed E-state index contributed by atoms with van der Waals surface area (Å²) in [7, 11) is 0. The molecule has 2 saturated carbocycles. The van der Waals surface area contributed by atoms with Crippen molar-refractivity contribution >= 4 is 27.8 Å². The number of ketones is 1. The molecule has 4 nitrogen and oxygen atoms in total. The zero-order valence-corrected chi connectivity index (χ0v) is 13.8. The van der Waals surface area contributed by atoms with Crippen LogP contribution in [0.2, 0.25) is 0 Å². The van der Waals surface area contributed by atoms with E-state index in [2.05, 4.69) is 35.1 Å². The van der Waals surface area contributed by atoms with Gasteiger partial charge in [-0.3, -0.25) is 4.79 Å². The number of fused-ring (bicyclic) bond motifs is 2. The van der Waals surface area contributed by atoms with Gasteiger partial charge in [-0.15, -0.1) is 0 Å². The molecule has 1 amide bonds. The number of alkyl carbamates (subject to hydrolysis) is 1. The Morgan fingerprint density at radius 2 is 2.00 bits per heavy atom. The van der Waals surface area contributed by atoms with Gasteiger partial charge in [-0.1, -0.05) is 29.8 Å². The van der Waals surface area contributed by atoms with Crippen LogP contribution in [0.3, 0.4) is 0 Å². The highest BCUT2D eigenvalue weighted by molar-refractivity contribution is 9.10. The lowest BCUT2D eigenvalue weighted by Crippen LogP contribution is -2.59. The molecular formula is C14H22BrNO3. The van der Waals surface area contributed by atoms with Crippen LogP contribution in [0.5, 0.6) is 0 Å². The van der Waals surface area contributed by atoms with Crippen LogP contribution in [0.25, 0.3) is 0 Å². The van der Waals surface area contributed by atoms with Gasteiger partial charge in [0.1, 0.15) is 11.1 Å². The Balaban J connectivity index is 2.23. The molecule has 2 aliphatic carbocycles. The first kappa shape index (κ1) is 14.8. The first-order chi connectivity index (χ1) is 8.51. The monoisotopic (exact) mass is 331 g/mol. The van der Waals surface area contributed by atoms with Crippen molar-refractivity contribution in [2.24, 2.45) is 11.3 Å². The predicted molar refractivity (Wildman–Crippen MR) is 76.3 cm³/mol. The minimum Gasteiger partial charge on any atom is -0.444 e. The summed E-state index contributed by atoms with van der Waals surface area (Å²) in [6.07, 6.45) is 1.14. The van der Waals surface area contributed by atoms with Crippen molar-refractivity contribution in [1.29, 1.82) is 0 Å². The van der Waals surface area contributed by atoms with Crippen LogP contribution in [-0.2, 0) is 9.53 Å². The number of alkyl halides is 1. The lowest BCUT2D eigenvalue weighted by atomic mass is 9.76. The van der Waals surface area contributed by atoms with Crippen LogP contribution in [0.4, 0.5) is 4.79 Å². The maximum atomic E-state index is 12.5. The Morgan fingerprint density at radius 3 is 2.42 bits per heavy atom. The van der Waals surface area contributed by atoms with E-state index in [9.17, 15) is 9.59 Å². The smallest absolute Gasteiger partial charge is 0.408 e. The molecule has 0 spiro atoms. The summed E-state index contributed by atoms with van der Waals surface area (Å²) in [5.41, 5.74) is -1.58. The van der Waals surface area contributed by atoms with Crippen molar-refractivity contribution in [3.05, 3.63) is 0 Å². The van der Waals surface area contributed by atoms with Gasteiger partial charge in [0.2, 0.25) is 0 Å². The molecule has 0 heterocycles. The van der Waals surface area contributed by atoms with Crippen molar-refractivity contribution in [1.82, 2.24) is 5.32 Å². The summed E-state index contributed by atoms with van der Waals surface area (Å²) in [6.45, 7) is 9.56. The number of nitrogens with one attached hydrogen (secondary N) is 1. The summed E-state index contributed by atoms with van der Waals surface area (Å²) in [4.78, 5) is 24.4. The number of carbonyl (C=O) groups excluding carboxylic acids is 2. The Labute approximate surface area is 122 Å². The van der Waals surface area contributed by atoms with E-state index in [4.69, 9.17) is 4.74 Å². The lowest BCUT2D eigenvalue weighted by Gasteiger charge is -2.37. The van der Waals surface area contributed by atoms with Crippen LogP contribution >= 0.6 is 15.9 Å². The van der Waals surface area contributed by atoms with Gasteiger partial charge in [-0.05, 0) is 44.9 Å². The molecule has 108 valence electrons. The number of ether oxygens (including phenoxy) is 1. The fraction of sp³-hybridized carbons (Fsp3) is 0.857. The van der Waals surface area contributed by atoms with Crippen molar-refractivity contribution in [3.63, 3.8) is 0 Å². The molecule has 0 aromatic rings. The average Bonchev–Trinajstić information content (AvgIpc) is 2.51. The summed E-state index contributed by atoms with van der Waals surface area (Å²) in [5, 5.41) is 2.87. The maximum absolute atomic E-state index is 12.5. The van der Waals surface area contributed by atoms with E-state index in [1.165, 1.54) is 0 Å². The number of rotatable bonds is 1. The first-order valence-electron chi connectivity index (χ1n) is 6.71. The van der Waals surface area contributed by atoms with Crippen LogP contribution in [0, 0.1) is 11.3 Å². The molecule has 0 unspecified atom stereocenters. The lowest BCUT2D eigenvalue weighted by molar-refractivity contribution is -0.125. The fourth-order valence-corrected chi connectivity index (χ4v) is 4.82. The van der Waals surface area contributed by atoms with Gasteiger partial charge < -0.3 is 10.1 Å². The number of hydrogen-bond donors (Lipinski definition) is 1. The Bertz CT molecular complexity index is 427. The normalized spacial score (nSPS) is 36.4. The van der Waals surface area contributed by atoms with Gasteiger partial charge in [-0.25, -0.2) is 4.79 Å². The molecule has 0 aromatic heterocycles. The summed E-state index contributed by atoms with van der Waals surface area (Å²) in [6, 6.07) is 0. The van der Waals surface area contributed by atoms with Crippen molar-refractivity contribution in [2.75, 3.05) is 0 Å². The number of amides is 1. The van der Waals surface area contributed by atoms with Crippen LogP contribution in [-0.4, -0.2) is 27.8 Å². The molecular weight excluding hydrogens is 310 g/mol. The molecule has 19 heavy (non-hydrogen) atoms. The zero-order chi connectivity index (χ0) is 14.6. The van der Waals surface area contributed by atoms with E-state index in [-0.39, 0.29) is 21.9 Å². The predicted octanol–water partition coefficient (Wildman–Crippen LogP) is 3.03. The topological polar surface area (TPSA) is 55.4 Å². The second-order valence-electron chi connectivity index (χ2n) is 7.17. The van der Waals surface area contributed by atoms with Crippen LogP contribution < -0.4 is 5.32 Å². The third kappa shape index (κ3) is 2.10. The molecule has 2 fully saturated rings. The third-order valence-corrected chi connectivity index (χ3v) is 5.65. The number of halogens is 1. The molecule has 2 aliphatic rings. The SMILES string of the molecule is CC(C)(C)OC(=O)N[C@@]12CC[C@@H]([C@H](Br)C1=O)C2(C)C. The van der Waals surface area contributed by atoms with Crippen molar-refractivity contribution in [2.45, 2.75) is 63.4 Å². The van der Waals surface area contributed by atoms with Gasteiger partial charge in [0.05, 0.1) is 4.83 Å². The summed E-state index contributed by atoms with van der Waals surface area (Å²) < 4.78 is 5.30. The van der Waals surface area contributed by atoms with Gasteiger partial charge in [-0.2, -0.15) is 0 Å². The molecule has 0 saturated heterocycles. The van der Waals surface area contributed by atoms with Gasteiger partial charge >= 0.3 is 6.09 Å². The van der Waals surface area contributed by atoms with E-state index in [0.717, 1.165) is 6.42 Å². The van der Waals surface area contributed by atoms with Crippen molar-refractivity contribution in [3.8, 4) is 0 Å². The zero-order valence-electron chi connectivity index (χ0n) is 12.2. The molecule has 3 atom stereocenters. The van der Waals surface area contributed by atoms with E-state index in [0.29, 0.717) is 6.42 Å². The van der Waals surface area contributed by atoms with E-state index < -0.39 is 17.2 Å². The van der Waals surface area contributed by atoms with Gasteiger partial charge in [0, 0.05) is 0 Å². The Hall–Kier alpha value is -0.580. The Morgan fingerprint density at radius 1 is 1.42 bits per heavy atom. The third-order valence-electron chi connectivity index (χ3n) is 4.60. The van der Waals surface area contributed by atoms with Gasteiger partial charge in [0.25, 0.3) is 0 Å². The second-order valence-corrected chi connectivity index (χ2v) is 8.15. The molecule has 0 radical (unpaired) electrons. The molecule has 2 rings (SSSR count). The number of hydrogen-bond acceptors (Lipinski definition) is 3. The highest BCUT2D eigenvalue weighted by Crippen LogP contribution is 2.60. The van der Waals surface area contributed by atoms with Crippen LogP contribution in [0.15, 0.2) is 0 Å². The highest BCUT2D eigenvalue weighted by atomic mass is 79.9. The van der Waals surface area contributed by atoms with Crippen LogP contribution in [0.1, 0.15) is 47.5 Å². The van der Waals surface area contributed by atoms with E-state index in [1.807, 2.05) is 20.8 Å². The first-order valence-corrected chi connectivity index (χ1v) is 7.62. The molecule has 0 aromatic carbocycles. The van der Waals surface area contributed by atoms with E-state index >= 15 is 0 Å². The standard InChI is InChI=1S/C14H22BrNO3/c1-12(2,3)19-11(18)16-14-7-6-8(13(14,4)5)9(15)10(14)17/h8-9H,6-7H2,1-5H3,(H,16,18)/t8-,9-,14-/m0/s1. The fourth-order valence-electron chi connectivity index (χ4n) is 3.51. The van der Waals surface area contributed by atoms with Crippen molar-refractivity contribution < 1.29 is 14.3 Å². The highest BCUT2D eigenvalue weighted by Gasteiger charge is 2.69. The average molecular weight is 332 g/mol. The summed E-state index contributed by atoms with van der Waals surface area (Å²) >= 11 is 3.48. The molecule has 1 N–H and O–H groups in total. The number of Topliss-reactive ketones (excluding diaryl/α,β-unsaturated/α-hetero) is 1. The Kier molecular flexibility index (Phi) is 3.28. The number of carbonyl (C=O) groups is 2. The quantitative estimate of drug-likeness (QED) is 0.751. The molecule has 0 aliphatic heterocycles. The molecule has 2 bridgehead atoms. The van der Waals surface area contributed by atoms with E-state index in [1.54, 1.807) is 0 Å².